The van der Waals surface area contributed by atoms with Crippen molar-refractivity contribution in [2.45, 2.75) is 32.6 Å². The molecule has 0 saturated carbocycles. The van der Waals surface area contributed by atoms with Gasteiger partial charge < -0.3 is 4.42 Å². The minimum Gasteiger partial charge on any atom is -0.467 e. The lowest BCUT2D eigenvalue weighted by Gasteiger charge is -2.10. The Balaban J connectivity index is 2.17. The maximum absolute atomic E-state index is 6.44. The molecule has 1 unspecified atom stereocenters. The van der Waals surface area contributed by atoms with Crippen LogP contribution in [0.3, 0.4) is 0 Å². The van der Waals surface area contributed by atoms with Crippen molar-refractivity contribution < 1.29 is 4.42 Å². The Labute approximate surface area is 114 Å². The highest BCUT2D eigenvalue weighted by Crippen LogP contribution is 2.31. The number of hydrogen-bond donors (Lipinski definition) is 0. The van der Waals surface area contributed by atoms with Crippen molar-refractivity contribution in [3.05, 3.63) is 59.0 Å². The van der Waals surface area contributed by atoms with Crippen molar-refractivity contribution in [2.24, 2.45) is 5.92 Å². The third kappa shape index (κ3) is 2.97. The summed E-state index contributed by atoms with van der Waals surface area (Å²) in [6.07, 6.45) is 2.79. The predicted molar refractivity (Wildman–Crippen MR) is 76.1 cm³/mol. The zero-order valence-corrected chi connectivity index (χ0v) is 11.9. The molecule has 1 atom stereocenters. The Hall–Kier alpha value is -1.21. The first kappa shape index (κ1) is 13.2. The second kappa shape index (κ2) is 5.62. The summed E-state index contributed by atoms with van der Waals surface area (Å²) in [4.78, 5) is 0. The minimum atomic E-state index is -0.201. The van der Waals surface area contributed by atoms with Crippen LogP contribution in [0.2, 0.25) is 0 Å². The lowest BCUT2D eigenvalue weighted by Crippen LogP contribution is -1.96. The molecule has 1 nitrogen and oxygen atoms in total. The SMILES string of the molecule is Cc1ccoc1C(Cl)c1ccc(CC(C)C)cc1. The van der Waals surface area contributed by atoms with E-state index in [4.69, 9.17) is 16.0 Å². The lowest BCUT2D eigenvalue weighted by atomic mass is 10.00. The molecule has 0 fully saturated rings. The maximum atomic E-state index is 6.44. The van der Waals surface area contributed by atoms with Crippen LogP contribution in [0.25, 0.3) is 0 Å². The van der Waals surface area contributed by atoms with Gasteiger partial charge in [-0.3, -0.25) is 0 Å². The molecule has 0 amide bonds. The fourth-order valence-corrected chi connectivity index (χ4v) is 2.46. The second-order valence-electron chi connectivity index (χ2n) is 5.17. The first-order valence-corrected chi connectivity index (χ1v) is 6.78. The number of alkyl halides is 1. The van der Waals surface area contributed by atoms with Crippen LogP contribution >= 0.6 is 11.6 Å². The Bertz CT molecular complexity index is 496. The zero-order chi connectivity index (χ0) is 13.1. The summed E-state index contributed by atoms with van der Waals surface area (Å²) in [5.74, 6) is 1.52. The van der Waals surface area contributed by atoms with Crippen molar-refractivity contribution in [3.63, 3.8) is 0 Å². The van der Waals surface area contributed by atoms with E-state index >= 15 is 0 Å². The molecule has 0 saturated heterocycles. The summed E-state index contributed by atoms with van der Waals surface area (Å²) in [6.45, 7) is 6.47. The van der Waals surface area contributed by atoms with Crippen LogP contribution in [0.1, 0.15) is 41.7 Å². The van der Waals surface area contributed by atoms with Crippen molar-refractivity contribution in [2.75, 3.05) is 0 Å². The van der Waals surface area contributed by atoms with E-state index in [9.17, 15) is 0 Å². The van der Waals surface area contributed by atoms with Crippen LogP contribution in [0.4, 0.5) is 0 Å². The van der Waals surface area contributed by atoms with Crippen molar-refractivity contribution in [1.29, 1.82) is 0 Å². The molecule has 1 heterocycles. The van der Waals surface area contributed by atoms with Gasteiger partial charge in [0.25, 0.3) is 0 Å². The van der Waals surface area contributed by atoms with Crippen molar-refractivity contribution >= 4 is 11.6 Å². The number of furan rings is 1. The molecule has 0 radical (unpaired) electrons. The molecule has 0 N–H and O–H groups in total. The summed E-state index contributed by atoms with van der Waals surface area (Å²) in [6, 6.07) is 10.4. The van der Waals surface area contributed by atoms with Crippen LogP contribution < -0.4 is 0 Å². The highest BCUT2D eigenvalue weighted by atomic mass is 35.5. The van der Waals surface area contributed by atoms with E-state index in [-0.39, 0.29) is 5.38 Å². The van der Waals surface area contributed by atoms with Gasteiger partial charge in [0.05, 0.1) is 6.26 Å². The Morgan fingerprint density at radius 1 is 1.11 bits per heavy atom. The van der Waals surface area contributed by atoms with Crippen LogP contribution in [0, 0.1) is 12.8 Å². The van der Waals surface area contributed by atoms with E-state index in [1.54, 1.807) is 6.26 Å². The molecule has 2 aromatic rings. The lowest BCUT2D eigenvalue weighted by molar-refractivity contribution is 0.513. The number of aryl methyl sites for hydroxylation is 1. The topological polar surface area (TPSA) is 13.1 Å². The highest BCUT2D eigenvalue weighted by molar-refractivity contribution is 6.22. The van der Waals surface area contributed by atoms with Gasteiger partial charge >= 0.3 is 0 Å². The standard InChI is InChI=1S/C16H19ClO/c1-11(2)10-13-4-6-14(7-5-13)15(17)16-12(3)8-9-18-16/h4-9,11,15H,10H2,1-3H3. The van der Waals surface area contributed by atoms with Crippen LogP contribution in [0.5, 0.6) is 0 Å². The number of halogens is 1. The number of benzene rings is 1. The van der Waals surface area contributed by atoms with Gasteiger partial charge in [-0.25, -0.2) is 0 Å². The maximum Gasteiger partial charge on any atom is 0.128 e. The molecule has 0 bridgehead atoms. The van der Waals surface area contributed by atoms with Gasteiger partial charge in [-0.2, -0.15) is 0 Å². The van der Waals surface area contributed by atoms with E-state index in [1.807, 2.05) is 13.0 Å². The average Bonchev–Trinajstić information content (AvgIpc) is 2.75. The summed E-state index contributed by atoms with van der Waals surface area (Å²) < 4.78 is 5.44. The molecular formula is C16H19ClO. The molecule has 0 spiro atoms. The van der Waals surface area contributed by atoms with Crippen LogP contribution in [0.15, 0.2) is 41.0 Å². The molecule has 1 aromatic heterocycles. The largest absolute Gasteiger partial charge is 0.467 e. The Kier molecular flexibility index (Phi) is 4.13. The highest BCUT2D eigenvalue weighted by Gasteiger charge is 2.16. The molecule has 18 heavy (non-hydrogen) atoms. The molecule has 0 aliphatic rings. The fourth-order valence-electron chi connectivity index (χ4n) is 2.09. The smallest absolute Gasteiger partial charge is 0.128 e. The minimum absolute atomic E-state index is 0.201. The van der Waals surface area contributed by atoms with E-state index in [1.165, 1.54) is 5.56 Å². The summed E-state index contributed by atoms with van der Waals surface area (Å²) in [5.41, 5.74) is 3.54. The Morgan fingerprint density at radius 2 is 1.78 bits per heavy atom. The quantitative estimate of drug-likeness (QED) is 0.698. The number of hydrogen-bond acceptors (Lipinski definition) is 1. The average molecular weight is 263 g/mol. The van der Waals surface area contributed by atoms with E-state index in [0.29, 0.717) is 5.92 Å². The molecular weight excluding hydrogens is 244 g/mol. The molecule has 96 valence electrons. The zero-order valence-electron chi connectivity index (χ0n) is 11.1. The molecule has 0 aliphatic heterocycles. The third-order valence-electron chi connectivity index (χ3n) is 3.05. The van der Waals surface area contributed by atoms with Gasteiger partial charge in [-0.05, 0) is 42.0 Å². The van der Waals surface area contributed by atoms with Gasteiger partial charge in [0.1, 0.15) is 11.1 Å². The summed E-state index contributed by atoms with van der Waals surface area (Å²) >= 11 is 6.44. The van der Waals surface area contributed by atoms with Crippen molar-refractivity contribution in [3.8, 4) is 0 Å². The predicted octanol–water partition coefficient (Wildman–Crippen LogP) is 5.11. The van der Waals surface area contributed by atoms with E-state index in [0.717, 1.165) is 23.3 Å². The van der Waals surface area contributed by atoms with Gasteiger partial charge in [0, 0.05) is 0 Å². The van der Waals surface area contributed by atoms with Crippen LogP contribution in [-0.4, -0.2) is 0 Å². The monoisotopic (exact) mass is 262 g/mol. The van der Waals surface area contributed by atoms with E-state index < -0.39 is 0 Å². The summed E-state index contributed by atoms with van der Waals surface area (Å²) in [7, 11) is 0. The van der Waals surface area contributed by atoms with Gasteiger partial charge in [-0.15, -0.1) is 11.6 Å². The molecule has 2 rings (SSSR count). The third-order valence-corrected chi connectivity index (χ3v) is 3.50. The molecule has 2 heteroatoms. The Morgan fingerprint density at radius 3 is 2.28 bits per heavy atom. The molecule has 1 aromatic carbocycles. The summed E-state index contributed by atoms with van der Waals surface area (Å²) in [5, 5.41) is -0.201. The van der Waals surface area contributed by atoms with Crippen LogP contribution in [-0.2, 0) is 6.42 Å². The first-order valence-electron chi connectivity index (χ1n) is 6.35. The normalized spacial score (nSPS) is 12.9. The van der Waals surface area contributed by atoms with Gasteiger partial charge in [0.15, 0.2) is 0 Å². The van der Waals surface area contributed by atoms with Gasteiger partial charge in [-0.1, -0.05) is 38.1 Å². The number of rotatable bonds is 4. The first-order chi connectivity index (χ1) is 8.58. The van der Waals surface area contributed by atoms with Crippen molar-refractivity contribution in [1.82, 2.24) is 0 Å². The van der Waals surface area contributed by atoms with E-state index in [2.05, 4.69) is 38.1 Å². The van der Waals surface area contributed by atoms with Gasteiger partial charge in [0.2, 0.25) is 0 Å². The molecule has 0 aliphatic carbocycles. The fraction of sp³-hybridized carbons (Fsp3) is 0.375. The second-order valence-corrected chi connectivity index (χ2v) is 5.61.